The number of methoxy groups -OCH3 is 1. The van der Waals surface area contributed by atoms with E-state index in [1.54, 1.807) is 7.11 Å². The monoisotopic (exact) mass is 159 g/mol. The van der Waals surface area contributed by atoms with Gasteiger partial charge in [-0.2, -0.15) is 0 Å². The van der Waals surface area contributed by atoms with E-state index in [9.17, 15) is 4.79 Å². The molecule has 0 bridgehead atoms. The van der Waals surface area contributed by atoms with E-state index in [1.165, 1.54) is 0 Å². The fraction of sp³-hybridized carbons (Fsp3) is 0.875. The minimum atomic E-state index is 0.0810. The highest BCUT2D eigenvalue weighted by Crippen LogP contribution is 2.09. The molecule has 0 aromatic carbocycles. The summed E-state index contributed by atoms with van der Waals surface area (Å²) in [5, 5.41) is 2.67. The molecule has 0 aliphatic heterocycles. The summed E-state index contributed by atoms with van der Waals surface area (Å²) >= 11 is 0. The molecule has 3 heteroatoms. The average Bonchev–Trinajstić information content (AvgIpc) is 1.88. The van der Waals surface area contributed by atoms with Crippen molar-refractivity contribution in [2.24, 2.45) is 5.92 Å². The molecular formula is C8H17NO2. The fourth-order valence-corrected chi connectivity index (χ4v) is 1.26. The molecule has 0 fully saturated rings. The Morgan fingerprint density at radius 2 is 1.91 bits per heavy atom. The normalized spacial score (nSPS) is 16.1. The van der Waals surface area contributed by atoms with Gasteiger partial charge in [0.15, 0.2) is 0 Å². The molecule has 66 valence electrons. The second kappa shape index (κ2) is 5.13. The smallest absolute Gasteiger partial charge is 0.207 e. The van der Waals surface area contributed by atoms with Crippen LogP contribution in [0.15, 0.2) is 0 Å². The van der Waals surface area contributed by atoms with Gasteiger partial charge >= 0.3 is 0 Å². The van der Waals surface area contributed by atoms with Crippen LogP contribution in [0.1, 0.15) is 20.8 Å². The van der Waals surface area contributed by atoms with Crippen molar-refractivity contribution in [1.82, 2.24) is 5.32 Å². The maximum absolute atomic E-state index is 10.1. The molecule has 0 saturated heterocycles. The van der Waals surface area contributed by atoms with E-state index in [2.05, 4.69) is 19.2 Å². The second-order valence-corrected chi connectivity index (χ2v) is 3.02. The second-order valence-electron chi connectivity index (χ2n) is 3.02. The quantitative estimate of drug-likeness (QED) is 0.602. The first kappa shape index (κ1) is 10.4. The van der Waals surface area contributed by atoms with Crippen LogP contribution in [0.4, 0.5) is 0 Å². The maximum atomic E-state index is 10.1. The predicted molar refractivity (Wildman–Crippen MR) is 44.3 cm³/mol. The number of rotatable bonds is 5. The minimum Gasteiger partial charge on any atom is -0.379 e. The third-order valence-corrected chi connectivity index (χ3v) is 1.75. The van der Waals surface area contributed by atoms with E-state index < -0.39 is 0 Å². The van der Waals surface area contributed by atoms with Gasteiger partial charge in [0.05, 0.1) is 12.1 Å². The van der Waals surface area contributed by atoms with Gasteiger partial charge in [-0.15, -0.1) is 0 Å². The van der Waals surface area contributed by atoms with Crippen molar-refractivity contribution in [2.75, 3.05) is 7.11 Å². The zero-order valence-corrected chi connectivity index (χ0v) is 7.63. The van der Waals surface area contributed by atoms with Crippen LogP contribution < -0.4 is 5.32 Å². The topological polar surface area (TPSA) is 38.3 Å². The standard InChI is InChI=1S/C8H17NO2/c1-6(2)8(11-4)7(3)9-5-10/h5-8H,1-4H3,(H,9,10). The largest absolute Gasteiger partial charge is 0.379 e. The molecule has 0 saturated carbocycles. The Balaban J connectivity index is 3.90. The molecular weight excluding hydrogens is 142 g/mol. The van der Waals surface area contributed by atoms with Gasteiger partial charge in [0, 0.05) is 7.11 Å². The molecule has 1 amide bonds. The molecule has 0 radical (unpaired) electrons. The van der Waals surface area contributed by atoms with Crippen LogP contribution >= 0.6 is 0 Å². The van der Waals surface area contributed by atoms with Crippen LogP contribution in [-0.2, 0) is 9.53 Å². The predicted octanol–water partition coefficient (Wildman–Crippen LogP) is 0.792. The van der Waals surface area contributed by atoms with Gasteiger partial charge < -0.3 is 10.1 Å². The van der Waals surface area contributed by atoms with Crippen LogP contribution in [0.3, 0.4) is 0 Å². The average molecular weight is 159 g/mol. The van der Waals surface area contributed by atoms with E-state index in [1.807, 2.05) is 6.92 Å². The summed E-state index contributed by atoms with van der Waals surface area (Å²) < 4.78 is 5.20. The van der Waals surface area contributed by atoms with Gasteiger partial charge in [-0.1, -0.05) is 13.8 Å². The Morgan fingerprint density at radius 3 is 2.18 bits per heavy atom. The van der Waals surface area contributed by atoms with Crippen LogP contribution in [0.2, 0.25) is 0 Å². The Bertz CT molecular complexity index is 115. The Morgan fingerprint density at radius 1 is 1.36 bits per heavy atom. The number of hydrogen-bond donors (Lipinski definition) is 1. The molecule has 0 aliphatic carbocycles. The molecule has 1 N–H and O–H groups in total. The maximum Gasteiger partial charge on any atom is 0.207 e. The molecule has 0 aromatic rings. The van der Waals surface area contributed by atoms with Crippen molar-refractivity contribution < 1.29 is 9.53 Å². The van der Waals surface area contributed by atoms with Crippen molar-refractivity contribution in [2.45, 2.75) is 32.9 Å². The van der Waals surface area contributed by atoms with E-state index in [4.69, 9.17) is 4.74 Å². The molecule has 0 aromatic heterocycles. The molecule has 3 nitrogen and oxygen atoms in total. The molecule has 0 aliphatic rings. The zero-order chi connectivity index (χ0) is 8.85. The first-order valence-corrected chi connectivity index (χ1v) is 3.86. The van der Waals surface area contributed by atoms with Gasteiger partial charge in [0.25, 0.3) is 0 Å². The van der Waals surface area contributed by atoms with Crippen molar-refractivity contribution in [3.05, 3.63) is 0 Å². The summed E-state index contributed by atoms with van der Waals surface area (Å²) in [7, 11) is 1.66. The SMILES string of the molecule is COC(C(C)C)C(C)NC=O. The highest BCUT2D eigenvalue weighted by atomic mass is 16.5. The first-order chi connectivity index (χ1) is 5.13. The number of hydrogen-bond acceptors (Lipinski definition) is 2. The molecule has 2 atom stereocenters. The van der Waals surface area contributed by atoms with Gasteiger partial charge in [-0.25, -0.2) is 0 Å². The molecule has 0 heterocycles. The van der Waals surface area contributed by atoms with Crippen LogP contribution in [0.25, 0.3) is 0 Å². The molecule has 11 heavy (non-hydrogen) atoms. The van der Waals surface area contributed by atoms with Gasteiger partial charge in [-0.05, 0) is 12.8 Å². The van der Waals surface area contributed by atoms with Crippen molar-refractivity contribution in [3.63, 3.8) is 0 Å². The summed E-state index contributed by atoms with van der Waals surface area (Å²) in [6.45, 7) is 6.07. The summed E-state index contributed by atoms with van der Waals surface area (Å²) in [5.41, 5.74) is 0. The lowest BCUT2D eigenvalue weighted by molar-refractivity contribution is -0.111. The Kier molecular flexibility index (Phi) is 4.86. The van der Waals surface area contributed by atoms with Gasteiger partial charge in [-0.3, -0.25) is 4.79 Å². The summed E-state index contributed by atoms with van der Waals surface area (Å²) in [6, 6.07) is 0.0810. The third kappa shape index (κ3) is 3.37. The van der Waals surface area contributed by atoms with E-state index >= 15 is 0 Å². The number of ether oxygens (including phenoxy) is 1. The lowest BCUT2D eigenvalue weighted by Gasteiger charge is -2.25. The number of carbonyl (C=O) groups is 1. The lowest BCUT2D eigenvalue weighted by atomic mass is 10.0. The Labute approximate surface area is 68.1 Å². The van der Waals surface area contributed by atoms with Crippen molar-refractivity contribution in [1.29, 1.82) is 0 Å². The number of nitrogens with one attached hydrogen (secondary N) is 1. The van der Waals surface area contributed by atoms with E-state index in [0.29, 0.717) is 12.3 Å². The Hall–Kier alpha value is -0.570. The molecule has 0 rings (SSSR count). The highest BCUT2D eigenvalue weighted by molar-refractivity contribution is 5.46. The summed E-state index contributed by atoms with van der Waals surface area (Å²) in [4.78, 5) is 10.1. The van der Waals surface area contributed by atoms with Crippen molar-refractivity contribution >= 4 is 6.41 Å². The third-order valence-electron chi connectivity index (χ3n) is 1.75. The van der Waals surface area contributed by atoms with E-state index in [-0.39, 0.29) is 12.1 Å². The number of amides is 1. The molecule has 2 unspecified atom stereocenters. The highest BCUT2D eigenvalue weighted by Gasteiger charge is 2.18. The first-order valence-electron chi connectivity index (χ1n) is 3.86. The van der Waals surface area contributed by atoms with Gasteiger partial charge in [0.1, 0.15) is 0 Å². The van der Waals surface area contributed by atoms with E-state index in [0.717, 1.165) is 0 Å². The molecule has 0 spiro atoms. The zero-order valence-electron chi connectivity index (χ0n) is 7.63. The lowest BCUT2D eigenvalue weighted by Crippen LogP contribution is -2.40. The van der Waals surface area contributed by atoms with Crippen molar-refractivity contribution in [3.8, 4) is 0 Å². The summed E-state index contributed by atoms with van der Waals surface area (Å²) in [5.74, 6) is 0.419. The van der Waals surface area contributed by atoms with Crippen LogP contribution in [0, 0.1) is 5.92 Å². The van der Waals surface area contributed by atoms with Crippen LogP contribution in [0.5, 0.6) is 0 Å². The van der Waals surface area contributed by atoms with Crippen LogP contribution in [-0.4, -0.2) is 25.7 Å². The fourth-order valence-electron chi connectivity index (χ4n) is 1.26. The van der Waals surface area contributed by atoms with Gasteiger partial charge in [0.2, 0.25) is 6.41 Å². The number of carbonyl (C=O) groups excluding carboxylic acids is 1. The minimum absolute atomic E-state index is 0.0810. The summed E-state index contributed by atoms with van der Waals surface area (Å²) in [6.07, 6.45) is 0.805.